The Morgan fingerprint density at radius 3 is 2.19 bits per heavy atom. The van der Waals surface area contributed by atoms with Crippen molar-refractivity contribution in [3.63, 3.8) is 0 Å². The second-order valence-electron chi connectivity index (χ2n) is 16.5. The Morgan fingerprint density at radius 2 is 1.50 bits per heavy atom. The molecule has 5 fully saturated rings. The first kappa shape index (κ1) is 40.1. The summed E-state index contributed by atoms with van der Waals surface area (Å²) in [6.07, 6.45) is 6.76. The van der Waals surface area contributed by atoms with Gasteiger partial charge < -0.3 is 48.9 Å². The number of esters is 1. The molecule has 2 aromatic carbocycles. The second-order valence-corrected chi connectivity index (χ2v) is 16.5. The van der Waals surface area contributed by atoms with Crippen LogP contribution in [0.25, 0.3) is 0 Å². The van der Waals surface area contributed by atoms with E-state index < -0.39 is 12.5 Å². The van der Waals surface area contributed by atoms with E-state index in [1.807, 2.05) is 24.3 Å². The Balaban J connectivity index is 0.842. The molecule has 1 saturated heterocycles. The van der Waals surface area contributed by atoms with Gasteiger partial charge in [-0.05, 0) is 104 Å². The number of rotatable bonds is 20. The molecule has 3 unspecified atom stereocenters. The van der Waals surface area contributed by atoms with Crippen molar-refractivity contribution < 1.29 is 47.9 Å². The molecule has 4 aliphatic carbocycles. The van der Waals surface area contributed by atoms with Crippen LogP contribution in [0.4, 0.5) is 4.79 Å². The first-order valence-electron chi connectivity index (χ1n) is 19.3. The number of amides is 1. The molecule has 0 aromatic heterocycles. The van der Waals surface area contributed by atoms with Gasteiger partial charge in [0.1, 0.15) is 0 Å². The third-order valence-corrected chi connectivity index (χ3v) is 11.7. The van der Waals surface area contributed by atoms with Crippen molar-refractivity contribution in [3.8, 4) is 23.0 Å². The molecule has 0 radical (unpaired) electrons. The lowest BCUT2D eigenvalue weighted by Crippen LogP contribution is -2.66. The number of cyclic esters (lactones) is 1. The molecule has 13 nitrogen and oxygen atoms in total. The van der Waals surface area contributed by atoms with Crippen LogP contribution in [0, 0.1) is 28.6 Å². The van der Waals surface area contributed by atoms with Crippen LogP contribution in [-0.2, 0) is 31.8 Å². The van der Waals surface area contributed by atoms with E-state index in [0.29, 0.717) is 87.0 Å². The van der Waals surface area contributed by atoms with E-state index in [2.05, 4.69) is 29.8 Å². The monoisotopic (exact) mass is 753 g/mol. The standard InChI is InChI=1S/C41H59N3O10/c1-39-20-29-21-40(2,24-39)26-41(22-29,25-39)44-38(47)52-15-14-51-13-12-42-10-11-43-37(46)54-33-9-7-28(19-35(33)50-5)17-31-30(23-53-36(31)45)16-27-6-8-32(48-3)34(18-27)49-4/h6-9,18-19,29-31,38,42,44,47H,10-17,20-26H2,1-5H3,(H,43,46)/t29?,30-,31+,38?,39?,40?,41?/m0/s1. The number of carbonyl (C=O) groups is 2. The topological polar surface area (TPSA) is 155 Å². The summed E-state index contributed by atoms with van der Waals surface area (Å²) in [7, 11) is 4.70. The fraction of sp³-hybridized carbons (Fsp3) is 0.659. The fourth-order valence-corrected chi connectivity index (χ4v) is 10.4. The molecule has 4 saturated carbocycles. The summed E-state index contributed by atoms with van der Waals surface area (Å²) in [6, 6.07) is 11.1. The normalized spacial score (nSPS) is 28.8. The van der Waals surface area contributed by atoms with Crippen LogP contribution >= 0.6 is 0 Å². The highest BCUT2D eigenvalue weighted by Crippen LogP contribution is 2.66. The molecular weight excluding hydrogens is 694 g/mol. The Bertz CT molecular complexity index is 1590. The van der Waals surface area contributed by atoms with Crippen molar-refractivity contribution in [2.24, 2.45) is 28.6 Å². The van der Waals surface area contributed by atoms with E-state index in [1.54, 1.807) is 26.4 Å². The molecule has 4 bridgehead atoms. The second kappa shape index (κ2) is 17.5. The van der Waals surface area contributed by atoms with E-state index in [1.165, 1.54) is 26.4 Å². The summed E-state index contributed by atoms with van der Waals surface area (Å²) >= 11 is 0. The number of nitrogens with one attached hydrogen (secondary N) is 3. The summed E-state index contributed by atoms with van der Waals surface area (Å²) in [5.74, 6) is 2.13. The summed E-state index contributed by atoms with van der Waals surface area (Å²) in [5.41, 5.74) is 2.60. The summed E-state index contributed by atoms with van der Waals surface area (Å²) in [5, 5.41) is 20.0. The predicted octanol–water partition coefficient (Wildman–Crippen LogP) is 4.61. The van der Waals surface area contributed by atoms with Crippen LogP contribution in [0.2, 0.25) is 0 Å². The van der Waals surface area contributed by atoms with Crippen LogP contribution in [-0.4, -0.2) is 96.5 Å². The van der Waals surface area contributed by atoms with Gasteiger partial charge in [0.25, 0.3) is 0 Å². The van der Waals surface area contributed by atoms with E-state index in [-0.39, 0.29) is 29.1 Å². The Hall–Kier alpha value is -3.62. The van der Waals surface area contributed by atoms with Gasteiger partial charge in [-0.15, -0.1) is 0 Å². The van der Waals surface area contributed by atoms with Crippen molar-refractivity contribution in [2.75, 3.05) is 67.4 Å². The van der Waals surface area contributed by atoms with Gasteiger partial charge in [0, 0.05) is 31.1 Å². The average Bonchev–Trinajstić information content (AvgIpc) is 3.45. The molecular formula is C41H59N3O10. The third-order valence-electron chi connectivity index (χ3n) is 11.7. The summed E-state index contributed by atoms with van der Waals surface area (Å²) in [6.45, 7) is 7.80. The molecule has 0 spiro atoms. The SMILES string of the molecule is COc1ccc(C[C@H]2COC(=O)[C@@H]2Cc2ccc(OC(=O)NCCNCCOCCOC(O)NC34CC5CC(C)(CC(C)(C5)C3)C4)c(OC)c2)cc1OC. The first-order chi connectivity index (χ1) is 25.9. The Kier molecular flexibility index (Phi) is 12.9. The number of hydrogen-bond acceptors (Lipinski definition) is 12. The minimum Gasteiger partial charge on any atom is -0.493 e. The van der Waals surface area contributed by atoms with Gasteiger partial charge in [-0.25, -0.2) is 4.79 Å². The smallest absolute Gasteiger partial charge is 0.412 e. The molecule has 1 amide bonds. The van der Waals surface area contributed by atoms with Crippen molar-refractivity contribution in [1.82, 2.24) is 16.0 Å². The first-order valence-corrected chi connectivity index (χ1v) is 19.3. The van der Waals surface area contributed by atoms with E-state index in [4.69, 9.17) is 33.2 Å². The van der Waals surface area contributed by atoms with Gasteiger partial charge in [-0.3, -0.25) is 10.1 Å². The Labute approximate surface area is 319 Å². The maximum Gasteiger partial charge on any atom is 0.412 e. The van der Waals surface area contributed by atoms with Gasteiger partial charge in [-0.2, -0.15) is 0 Å². The zero-order chi connectivity index (χ0) is 38.3. The zero-order valence-electron chi connectivity index (χ0n) is 32.5. The number of hydrogen-bond donors (Lipinski definition) is 4. The van der Waals surface area contributed by atoms with E-state index in [0.717, 1.165) is 36.3 Å². The van der Waals surface area contributed by atoms with E-state index in [9.17, 15) is 14.7 Å². The van der Waals surface area contributed by atoms with Crippen LogP contribution in [0.15, 0.2) is 36.4 Å². The lowest BCUT2D eigenvalue weighted by atomic mass is 9.43. The molecule has 4 N–H and O–H groups in total. The van der Waals surface area contributed by atoms with Gasteiger partial charge in [0.2, 0.25) is 6.41 Å². The van der Waals surface area contributed by atoms with Crippen LogP contribution < -0.4 is 34.9 Å². The molecule has 7 rings (SSSR count). The lowest BCUT2D eigenvalue weighted by Gasteiger charge is -2.65. The predicted molar refractivity (Wildman–Crippen MR) is 201 cm³/mol. The maximum absolute atomic E-state index is 12.7. The molecule has 2 aromatic rings. The Morgan fingerprint density at radius 1 is 0.833 bits per heavy atom. The average molecular weight is 754 g/mol. The fourth-order valence-electron chi connectivity index (χ4n) is 10.4. The number of aliphatic hydroxyl groups excluding tert-OH is 1. The van der Waals surface area contributed by atoms with E-state index >= 15 is 0 Å². The van der Waals surface area contributed by atoms with Crippen LogP contribution in [0.3, 0.4) is 0 Å². The van der Waals surface area contributed by atoms with Gasteiger partial charge in [0.15, 0.2) is 23.0 Å². The minimum absolute atomic E-state index is 0.0114. The number of aliphatic hydroxyl groups is 1. The van der Waals surface area contributed by atoms with Crippen molar-refractivity contribution >= 4 is 12.1 Å². The van der Waals surface area contributed by atoms with Crippen LogP contribution in [0.1, 0.15) is 63.5 Å². The molecule has 13 heteroatoms. The van der Waals surface area contributed by atoms with Crippen LogP contribution in [0.5, 0.6) is 23.0 Å². The number of methoxy groups -OCH3 is 3. The molecule has 1 heterocycles. The van der Waals surface area contributed by atoms with Gasteiger partial charge in [-0.1, -0.05) is 26.0 Å². The molecule has 298 valence electrons. The number of benzene rings is 2. The summed E-state index contributed by atoms with van der Waals surface area (Å²) < 4.78 is 38.6. The minimum atomic E-state index is -0.994. The summed E-state index contributed by atoms with van der Waals surface area (Å²) in [4.78, 5) is 25.2. The number of ether oxygens (including phenoxy) is 7. The largest absolute Gasteiger partial charge is 0.493 e. The zero-order valence-corrected chi connectivity index (χ0v) is 32.5. The maximum atomic E-state index is 12.7. The lowest BCUT2D eigenvalue weighted by molar-refractivity contribution is -0.185. The third kappa shape index (κ3) is 9.97. The van der Waals surface area contributed by atoms with Crippen molar-refractivity contribution in [3.05, 3.63) is 47.5 Å². The van der Waals surface area contributed by atoms with Crippen molar-refractivity contribution in [1.29, 1.82) is 0 Å². The highest BCUT2D eigenvalue weighted by molar-refractivity contribution is 5.75. The quantitative estimate of drug-likeness (QED) is 0.0848. The highest BCUT2D eigenvalue weighted by Gasteiger charge is 2.60. The van der Waals surface area contributed by atoms with Gasteiger partial charge >= 0.3 is 12.1 Å². The van der Waals surface area contributed by atoms with Crippen molar-refractivity contribution in [2.45, 2.75) is 77.2 Å². The molecule has 5 atom stereocenters. The van der Waals surface area contributed by atoms with Gasteiger partial charge in [0.05, 0.1) is 53.7 Å². The number of carbonyl (C=O) groups excluding carboxylic acids is 2. The highest BCUT2D eigenvalue weighted by atomic mass is 16.6. The molecule has 1 aliphatic heterocycles. The molecule has 5 aliphatic rings. The molecule has 54 heavy (non-hydrogen) atoms.